The highest BCUT2D eigenvalue weighted by atomic mass is 32.2. The fourth-order valence-corrected chi connectivity index (χ4v) is 3.50. The van der Waals surface area contributed by atoms with Gasteiger partial charge in [0.05, 0.1) is 11.4 Å². The Hall–Kier alpha value is -2.25. The van der Waals surface area contributed by atoms with Gasteiger partial charge in [-0.15, -0.1) is 0 Å². The molecule has 0 spiro atoms. The maximum Gasteiger partial charge on any atom is 0.241 e. The molecule has 2 N–H and O–H groups in total. The van der Waals surface area contributed by atoms with E-state index in [1.807, 2.05) is 19.1 Å². The summed E-state index contributed by atoms with van der Waals surface area (Å²) in [5.41, 5.74) is 1.89. The van der Waals surface area contributed by atoms with Crippen LogP contribution in [0, 0.1) is 12.7 Å². The second-order valence-corrected chi connectivity index (χ2v) is 7.03. The monoisotopic (exact) mass is 350 g/mol. The van der Waals surface area contributed by atoms with Crippen molar-refractivity contribution < 1.29 is 17.6 Å². The maximum absolute atomic E-state index is 13.1. The topological polar surface area (TPSA) is 75.3 Å². The van der Waals surface area contributed by atoms with Crippen molar-refractivity contribution in [2.45, 2.75) is 25.2 Å². The Bertz CT molecular complexity index is 851. The second kappa shape index (κ2) is 7.55. The molecule has 0 saturated heterocycles. The zero-order chi connectivity index (χ0) is 17.7. The fourth-order valence-electron chi connectivity index (χ4n) is 2.30. The third-order valence-electron chi connectivity index (χ3n) is 3.52. The summed E-state index contributed by atoms with van der Waals surface area (Å²) in [5, 5.41) is 2.68. The van der Waals surface area contributed by atoms with Crippen molar-refractivity contribution in [3.63, 3.8) is 0 Å². The van der Waals surface area contributed by atoms with E-state index in [2.05, 4.69) is 10.0 Å². The van der Waals surface area contributed by atoms with Crippen LogP contribution >= 0.6 is 0 Å². The number of para-hydroxylation sites is 1. The number of sulfonamides is 1. The Morgan fingerprint density at radius 3 is 2.54 bits per heavy atom. The molecular weight excluding hydrogens is 331 g/mol. The first-order valence-corrected chi connectivity index (χ1v) is 8.95. The Morgan fingerprint density at radius 1 is 1.17 bits per heavy atom. The Labute approximate surface area is 141 Å². The number of halogens is 1. The van der Waals surface area contributed by atoms with Gasteiger partial charge in [-0.3, -0.25) is 4.79 Å². The molecule has 0 fully saturated rings. The molecule has 0 unspecified atom stereocenters. The molecule has 0 saturated carbocycles. The van der Waals surface area contributed by atoms with Crippen LogP contribution in [-0.2, 0) is 21.2 Å². The van der Waals surface area contributed by atoms with Crippen LogP contribution in [0.3, 0.4) is 0 Å². The number of hydrogen-bond acceptors (Lipinski definition) is 3. The Balaban J connectivity index is 2.05. The molecule has 2 aromatic carbocycles. The normalized spacial score (nSPS) is 11.3. The zero-order valence-electron chi connectivity index (χ0n) is 13.5. The van der Waals surface area contributed by atoms with E-state index in [9.17, 15) is 17.6 Å². The molecular formula is C17H19FN2O3S. The smallest absolute Gasteiger partial charge is 0.241 e. The molecule has 0 aliphatic carbocycles. The number of carbonyl (C=O) groups is 1. The largest absolute Gasteiger partial charge is 0.325 e. The molecule has 0 atom stereocenters. The lowest BCUT2D eigenvalue weighted by Crippen LogP contribution is -2.33. The van der Waals surface area contributed by atoms with Gasteiger partial charge in [-0.05, 0) is 48.7 Å². The molecule has 1 amide bonds. The number of benzene rings is 2. The molecule has 7 heteroatoms. The van der Waals surface area contributed by atoms with Gasteiger partial charge in [-0.25, -0.2) is 17.5 Å². The molecule has 2 aromatic rings. The minimum Gasteiger partial charge on any atom is -0.325 e. The number of amides is 1. The van der Waals surface area contributed by atoms with Gasteiger partial charge in [0.25, 0.3) is 0 Å². The lowest BCUT2D eigenvalue weighted by Gasteiger charge is -2.11. The third-order valence-corrected chi connectivity index (χ3v) is 5.08. The Morgan fingerprint density at radius 2 is 1.88 bits per heavy atom. The molecule has 0 radical (unpaired) electrons. The standard InChI is InChI=1S/C17H19FN2O3S/c1-3-13-6-4-5-7-15(13)20-17(21)11-19-24(22,23)16-9-8-14(18)10-12(16)2/h4-10,19H,3,11H2,1-2H3,(H,20,21). The Kier molecular flexibility index (Phi) is 5.69. The molecule has 0 aromatic heterocycles. The van der Waals surface area contributed by atoms with Crippen LogP contribution in [0.2, 0.25) is 0 Å². The summed E-state index contributed by atoms with van der Waals surface area (Å²) in [4.78, 5) is 11.9. The van der Waals surface area contributed by atoms with Crippen LogP contribution in [0.25, 0.3) is 0 Å². The average molecular weight is 350 g/mol. The molecule has 128 valence electrons. The summed E-state index contributed by atoms with van der Waals surface area (Å²) >= 11 is 0. The first-order valence-electron chi connectivity index (χ1n) is 7.47. The van der Waals surface area contributed by atoms with E-state index in [1.54, 1.807) is 12.1 Å². The van der Waals surface area contributed by atoms with E-state index in [-0.39, 0.29) is 10.5 Å². The SMILES string of the molecule is CCc1ccccc1NC(=O)CNS(=O)(=O)c1ccc(F)cc1C. The van der Waals surface area contributed by atoms with Crippen molar-refractivity contribution in [1.29, 1.82) is 0 Å². The van der Waals surface area contributed by atoms with Crippen molar-refractivity contribution in [1.82, 2.24) is 4.72 Å². The fraction of sp³-hybridized carbons (Fsp3) is 0.235. The number of rotatable bonds is 6. The first kappa shape index (κ1) is 18.1. The lowest BCUT2D eigenvalue weighted by molar-refractivity contribution is -0.115. The van der Waals surface area contributed by atoms with Crippen LogP contribution in [0.15, 0.2) is 47.4 Å². The van der Waals surface area contributed by atoms with Crippen molar-refractivity contribution in [2.75, 3.05) is 11.9 Å². The molecule has 24 heavy (non-hydrogen) atoms. The maximum atomic E-state index is 13.1. The van der Waals surface area contributed by atoms with Crippen LogP contribution < -0.4 is 10.0 Å². The third kappa shape index (κ3) is 4.39. The number of anilines is 1. The summed E-state index contributed by atoms with van der Waals surface area (Å²) < 4.78 is 39.8. The van der Waals surface area contributed by atoms with Crippen LogP contribution in [0.1, 0.15) is 18.1 Å². The van der Waals surface area contributed by atoms with Crippen LogP contribution in [0.4, 0.5) is 10.1 Å². The van der Waals surface area contributed by atoms with Gasteiger partial charge in [0, 0.05) is 5.69 Å². The summed E-state index contributed by atoms with van der Waals surface area (Å²) in [5.74, 6) is -0.986. The molecule has 0 aliphatic heterocycles. The molecule has 5 nitrogen and oxygen atoms in total. The van der Waals surface area contributed by atoms with E-state index in [0.717, 1.165) is 24.1 Å². The summed E-state index contributed by atoms with van der Waals surface area (Å²) in [6.45, 7) is 3.05. The van der Waals surface area contributed by atoms with Gasteiger partial charge in [-0.1, -0.05) is 25.1 Å². The molecule has 0 bridgehead atoms. The van der Waals surface area contributed by atoms with E-state index in [0.29, 0.717) is 5.69 Å². The molecule has 0 aliphatic rings. The highest BCUT2D eigenvalue weighted by molar-refractivity contribution is 7.89. The highest BCUT2D eigenvalue weighted by Gasteiger charge is 2.18. The van der Waals surface area contributed by atoms with Crippen LogP contribution in [0.5, 0.6) is 0 Å². The van der Waals surface area contributed by atoms with Crippen molar-refractivity contribution >= 4 is 21.6 Å². The van der Waals surface area contributed by atoms with Crippen molar-refractivity contribution in [3.8, 4) is 0 Å². The predicted octanol–water partition coefficient (Wildman–Crippen LogP) is 2.61. The number of aryl methyl sites for hydroxylation is 2. The molecule has 2 rings (SSSR count). The minimum atomic E-state index is -3.89. The number of nitrogens with one attached hydrogen (secondary N) is 2. The number of carbonyl (C=O) groups excluding carboxylic acids is 1. The first-order chi connectivity index (χ1) is 11.3. The van der Waals surface area contributed by atoms with Crippen molar-refractivity contribution in [3.05, 3.63) is 59.4 Å². The van der Waals surface area contributed by atoms with E-state index >= 15 is 0 Å². The van der Waals surface area contributed by atoms with Gasteiger partial charge in [0.1, 0.15) is 5.82 Å². The van der Waals surface area contributed by atoms with E-state index in [1.165, 1.54) is 13.0 Å². The van der Waals surface area contributed by atoms with Gasteiger partial charge in [-0.2, -0.15) is 0 Å². The van der Waals surface area contributed by atoms with E-state index in [4.69, 9.17) is 0 Å². The lowest BCUT2D eigenvalue weighted by atomic mass is 10.1. The van der Waals surface area contributed by atoms with Gasteiger partial charge < -0.3 is 5.32 Å². The summed E-state index contributed by atoms with van der Waals surface area (Å²) in [7, 11) is -3.89. The van der Waals surface area contributed by atoms with Crippen molar-refractivity contribution in [2.24, 2.45) is 0 Å². The predicted molar refractivity (Wildman–Crippen MR) is 90.8 cm³/mol. The minimum absolute atomic E-state index is 0.0503. The second-order valence-electron chi connectivity index (χ2n) is 5.29. The van der Waals surface area contributed by atoms with Gasteiger partial charge in [0.2, 0.25) is 15.9 Å². The van der Waals surface area contributed by atoms with Crippen LogP contribution in [-0.4, -0.2) is 20.9 Å². The number of hydrogen-bond donors (Lipinski definition) is 2. The van der Waals surface area contributed by atoms with E-state index < -0.39 is 28.3 Å². The summed E-state index contributed by atoms with van der Waals surface area (Å²) in [6, 6.07) is 10.7. The quantitative estimate of drug-likeness (QED) is 0.841. The summed E-state index contributed by atoms with van der Waals surface area (Å²) in [6.07, 6.45) is 0.747. The van der Waals surface area contributed by atoms with Gasteiger partial charge >= 0.3 is 0 Å². The average Bonchev–Trinajstić information content (AvgIpc) is 2.53. The highest BCUT2D eigenvalue weighted by Crippen LogP contribution is 2.17. The molecule has 0 heterocycles. The zero-order valence-corrected chi connectivity index (χ0v) is 14.3. The van der Waals surface area contributed by atoms with Gasteiger partial charge in [0.15, 0.2) is 0 Å².